The first-order valence-corrected chi connectivity index (χ1v) is 24.9. The predicted octanol–water partition coefficient (Wildman–Crippen LogP) is 9.93. The summed E-state index contributed by atoms with van der Waals surface area (Å²) in [7, 11) is 0. The van der Waals surface area contributed by atoms with Crippen molar-refractivity contribution in [2.75, 3.05) is 13.2 Å². The molecule has 1 aliphatic rings. The van der Waals surface area contributed by atoms with Crippen LogP contribution in [0.3, 0.4) is 0 Å². The molecule has 8 aromatic rings. The van der Waals surface area contributed by atoms with E-state index in [9.17, 15) is 29.0 Å². The molecule has 0 bridgehead atoms. The number of carbonyl (C=O) groups excluding carboxylic acids is 3. The summed E-state index contributed by atoms with van der Waals surface area (Å²) in [6.45, 7) is 8.64. The number of hydrogen-bond donors (Lipinski definition) is 4. The molecule has 0 radical (unpaired) electrons. The zero-order valence-electron chi connectivity index (χ0n) is 39.6. The smallest absolute Gasteiger partial charge is 0.246 e. The lowest BCUT2D eigenvalue weighted by atomic mass is 9.85. The van der Waals surface area contributed by atoms with Gasteiger partial charge in [-0.15, -0.1) is 22.7 Å². The zero-order valence-corrected chi connectivity index (χ0v) is 41.2. The van der Waals surface area contributed by atoms with Gasteiger partial charge in [-0.3, -0.25) is 19.1 Å². The summed E-state index contributed by atoms with van der Waals surface area (Å²) in [5.74, 6) is 0.561. The van der Waals surface area contributed by atoms with Crippen LogP contribution in [0.2, 0.25) is 0 Å². The van der Waals surface area contributed by atoms with Crippen LogP contribution in [0, 0.1) is 18.2 Å². The lowest BCUT2D eigenvalue weighted by Gasteiger charge is -2.35. The van der Waals surface area contributed by atoms with E-state index in [1.165, 1.54) is 28.4 Å². The van der Waals surface area contributed by atoms with Crippen molar-refractivity contribution >= 4 is 50.5 Å². The Kier molecular flexibility index (Phi) is 14.3. The first kappa shape index (κ1) is 48.6. The number of benzene rings is 5. The second-order valence-electron chi connectivity index (χ2n) is 18.7. The van der Waals surface area contributed by atoms with Crippen LogP contribution in [0.25, 0.3) is 42.2 Å². The molecule has 0 aliphatic carbocycles. The van der Waals surface area contributed by atoms with E-state index in [0.717, 1.165) is 59.0 Å². The van der Waals surface area contributed by atoms with Crippen LogP contribution in [0.15, 0.2) is 133 Å². The average molecular weight is 993 g/mol. The van der Waals surface area contributed by atoms with Crippen LogP contribution < -0.4 is 20.1 Å². The molecule has 13 nitrogen and oxygen atoms in total. The third-order valence-electron chi connectivity index (χ3n) is 12.3. The molecule has 0 saturated carbocycles. The Morgan fingerprint density at radius 1 is 0.859 bits per heavy atom. The number of hydrogen-bond acceptors (Lipinski definition) is 11. The number of aliphatic hydroxyl groups is 1. The first-order valence-electron chi connectivity index (χ1n) is 23.2. The number of phenolic OH excluding ortho intramolecular Hbond substituents is 1. The zero-order chi connectivity index (χ0) is 49.8. The van der Waals surface area contributed by atoms with Gasteiger partial charge in [0, 0.05) is 41.4 Å². The molecule has 1 aliphatic heterocycles. The molecule has 9 rings (SSSR count). The Bertz CT molecular complexity index is 3160. The molecule has 16 heteroatoms. The summed E-state index contributed by atoms with van der Waals surface area (Å²) in [6.07, 6.45) is 1.13. The molecule has 3 amide bonds. The molecular formula is C55H53FN6O7S2. The van der Waals surface area contributed by atoms with E-state index in [0.29, 0.717) is 30.4 Å². The number of thiophene rings is 1. The van der Waals surface area contributed by atoms with Gasteiger partial charge in [0.1, 0.15) is 41.8 Å². The summed E-state index contributed by atoms with van der Waals surface area (Å²) in [5.41, 5.74) is 7.20. The molecule has 3 aromatic heterocycles. The van der Waals surface area contributed by atoms with E-state index in [2.05, 4.69) is 15.6 Å². The molecule has 71 heavy (non-hydrogen) atoms. The number of aryl methyl sites for hydroxylation is 1. The van der Waals surface area contributed by atoms with Crippen LogP contribution in [0.4, 0.5) is 4.39 Å². The molecular weight excluding hydrogens is 940 g/mol. The summed E-state index contributed by atoms with van der Waals surface area (Å²) in [4.78, 5) is 48.9. The number of amides is 3. The van der Waals surface area contributed by atoms with Gasteiger partial charge < -0.3 is 35.2 Å². The number of likely N-dealkylation sites (tertiary alicyclic amines) is 1. The highest BCUT2D eigenvalue weighted by Gasteiger charge is 2.44. The number of aromatic nitrogens is 3. The first-order chi connectivity index (χ1) is 34.1. The van der Waals surface area contributed by atoms with Gasteiger partial charge in [0.15, 0.2) is 5.75 Å². The standard InChI is InChI=1S/C55H53FN6O7S2/c1-33-50(70-32-58-33)37-11-7-35(8-12-37)30-57-53(66)46-28-41(64)31-62(46)54(67)52(55(2,3)4)59-48(65)27-34-5-9-36(10-6-34)45-23-24-61(60-45)25-26-68-42-18-20-43(21-19-42)69-49-44-22-17-40(63)29-47(44)71-51(49)38-13-15-39(56)16-14-38/h5-24,29,32,41,46,52,63-64H,25-28,30-31H2,1-4H3,(H,57,66)(H,59,65)/t41-,46+,52?/m1/s1. The van der Waals surface area contributed by atoms with Gasteiger partial charge in [-0.05, 0) is 95.3 Å². The minimum Gasteiger partial charge on any atom is -0.508 e. The summed E-state index contributed by atoms with van der Waals surface area (Å²) >= 11 is 3.03. The monoisotopic (exact) mass is 992 g/mol. The van der Waals surface area contributed by atoms with Gasteiger partial charge >= 0.3 is 0 Å². The van der Waals surface area contributed by atoms with Gasteiger partial charge in [0.25, 0.3) is 0 Å². The van der Waals surface area contributed by atoms with E-state index in [4.69, 9.17) is 14.6 Å². The molecule has 1 fully saturated rings. The largest absolute Gasteiger partial charge is 0.508 e. The quantitative estimate of drug-likeness (QED) is 0.0737. The van der Waals surface area contributed by atoms with Crippen molar-refractivity contribution in [3.63, 3.8) is 0 Å². The third-order valence-corrected chi connectivity index (χ3v) is 14.5. The second kappa shape index (κ2) is 20.9. The Morgan fingerprint density at radius 2 is 1.54 bits per heavy atom. The third kappa shape index (κ3) is 11.5. The maximum absolute atomic E-state index is 14.2. The molecule has 5 aromatic carbocycles. The Balaban J connectivity index is 0.757. The normalized spacial score (nSPS) is 15.2. The van der Waals surface area contributed by atoms with Crippen LogP contribution in [-0.4, -0.2) is 78.9 Å². The van der Waals surface area contributed by atoms with Crippen molar-refractivity contribution in [3.05, 3.63) is 156 Å². The second-order valence-corrected chi connectivity index (χ2v) is 20.6. The Labute approximate surface area is 418 Å². The van der Waals surface area contributed by atoms with E-state index >= 15 is 0 Å². The van der Waals surface area contributed by atoms with E-state index in [-0.39, 0.29) is 49.3 Å². The minimum atomic E-state index is -0.947. The fourth-order valence-corrected chi connectivity index (χ4v) is 10.5. The topological polar surface area (TPSA) is 168 Å². The van der Waals surface area contributed by atoms with Crippen molar-refractivity contribution < 1.29 is 38.5 Å². The minimum absolute atomic E-state index is 0.0109. The van der Waals surface area contributed by atoms with Crippen LogP contribution >= 0.6 is 22.7 Å². The highest BCUT2D eigenvalue weighted by atomic mass is 32.1. The number of nitrogens with one attached hydrogen (secondary N) is 2. The van der Waals surface area contributed by atoms with E-state index in [1.54, 1.807) is 40.3 Å². The number of aliphatic hydroxyl groups excluding tert-OH is 1. The Morgan fingerprint density at radius 3 is 2.24 bits per heavy atom. The van der Waals surface area contributed by atoms with Gasteiger partial charge in [-0.1, -0.05) is 81.4 Å². The summed E-state index contributed by atoms with van der Waals surface area (Å²) in [5, 5.41) is 32.2. The number of halogens is 1. The van der Waals surface area contributed by atoms with E-state index < -0.39 is 29.5 Å². The fraction of sp³-hybridized carbons (Fsp3) is 0.255. The molecule has 364 valence electrons. The van der Waals surface area contributed by atoms with Crippen molar-refractivity contribution in [1.82, 2.24) is 30.3 Å². The number of aromatic hydroxyl groups is 1. The number of nitrogens with zero attached hydrogens (tertiary/aromatic N) is 4. The van der Waals surface area contributed by atoms with Crippen LogP contribution in [0.5, 0.6) is 23.0 Å². The predicted molar refractivity (Wildman–Crippen MR) is 274 cm³/mol. The molecule has 0 spiro atoms. The molecule has 1 saturated heterocycles. The van der Waals surface area contributed by atoms with Crippen molar-refractivity contribution in [2.45, 2.75) is 71.8 Å². The highest BCUT2D eigenvalue weighted by Crippen LogP contribution is 2.47. The van der Waals surface area contributed by atoms with Gasteiger partial charge in [0.2, 0.25) is 17.7 Å². The van der Waals surface area contributed by atoms with Gasteiger partial charge in [0.05, 0.1) is 45.7 Å². The number of rotatable bonds is 16. The lowest BCUT2D eigenvalue weighted by molar-refractivity contribution is -0.144. The number of thiazole rings is 1. The molecule has 4 heterocycles. The van der Waals surface area contributed by atoms with Gasteiger partial charge in [-0.2, -0.15) is 5.10 Å². The Hall–Kier alpha value is -7.40. The summed E-state index contributed by atoms with van der Waals surface area (Å²) in [6, 6.07) is 34.1. The lowest BCUT2D eigenvalue weighted by Crippen LogP contribution is -2.58. The maximum Gasteiger partial charge on any atom is 0.246 e. The number of β-amino-alcohol motifs (C(OH)–C–C–N with tert-alkyl or cyclic N) is 1. The number of fused-ring (bicyclic) bond motifs is 1. The van der Waals surface area contributed by atoms with E-state index in [1.807, 2.05) is 124 Å². The number of ether oxygens (including phenoxy) is 2. The number of carbonyl (C=O) groups is 3. The summed E-state index contributed by atoms with van der Waals surface area (Å²) < 4.78 is 28.8. The van der Waals surface area contributed by atoms with Gasteiger partial charge in [-0.25, -0.2) is 9.37 Å². The SMILES string of the molecule is Cc1ncsc1-c1ccc(CNC(=O)[C@@H]2C[C@@H](O)CN2C(=O)C(NC(=O)Cc2ccc(-c3ccn(CCOc4ccc(Oc5c(-c6ccc(F)cc6)sc6cc(O)ccc56)cc4)n3)cc2)C(C)(C)C)cc1. The maximum atomic E-state index is 14.2. The van der Waals surface area contributed by atoms with Crippen molar-refractivity contribution in [2.24, 2.45) is 5.41 Å². The molecule has 4 N–H and O–H groups in total. The van der Waals surface area contributed by atoms with Crippen molar-refractivity contribution in [3.8, 4) is 55.1 Å². The molecule has 1 unspecified atom stereocenters. The average Bonchev–Trinajstić information content (AvgIpc) is 4.17. The fourth-order valence-electron chi connectivity index (χ4n) is 8.54. The molecule has 3 atom stereocenters. The highest BCUT2D eigenvalue weighted by molar-refractivity contribution is 7.22. The van der Waals surface area contributed by atoms with Crippen molar-refractivity contribution in [1.29, 1.82) is 0 Å². The van der Waals surface area contributed by atoms with Crippen LogP contribution in [0.1, 0.15) is 44.0 Å². The number of phenols is 1. The van der Waals surface area contributed by atoms with Crippen LogP contribution in [-0.2, 0) is 33.9 Å².